The lowest BCUT2D eigenvalue weighted by molar-refractivity contribution is -0.117. The minimum absolute atomic E-state index is 0.0801. The molecule has 0 atom stereocenters. The number of benzene rings is 1. The summed E-state index contributed by atoms with van der Waals surface area (Å²) in [5.41, 5.74) is 2.17. The number of anilines is 1. The van der Waals surface area contributed by atoms with E-state index in [1.807, 2.05) is 55.3 Å². The fourth-order valence-corrected chi connectivity index (χ4v) is 2.17. The van der Waals surface area contributed by atoms with Gasteiger partial charge < -0.3 is 10.1 Å². The van der Waals surface area contributed by atoms with Gasteiger partial charge in [0.25, 0.3) is 0 Å². The van der Waals surface area contributed by atoms with Crippen LogP contribution in [0.5, 0.6) is 5.75 Å². The zero-order valence-corrected chi connectivity index (χ0v) is 13.2. The molecule has 1 aromatic heterocycles. The van der Waals surface area contributed by atoms with Gasteiger partial charge in [0.05, 0.1) is 13.7 Å². The number of rotatable bonds is 6. The molecule has 0 aliphatic heterocycles. The van der Waals surface area contributed by atoms with Crippen molar-refractivity contribution in [1.82, 2.24) is 9.88 Å². The van der Waals surface area contributed by atoms with Gasteiger partial charge in [0.15, 0.2) is 0 Å². The van der Waals surface area contributed by atoms with Crippen molar-refractivity contribution in [1.29, 1.82) is 0 Å². The second-order valence-corrected chi connectivity index (χ2v) is 5.29. The topological polar surface area (TPSA) is 54.5 Å². The van der Waals surface area contributed by atoms with E-state index in [0.717, 1.165) is 16.9 Å². The largest absolute Gasteiger partial charge is 0.497 e. The maximum absolute atomic E-state index is 12.0. The van der Waals surface area contributed by atoms with Gasteiger partial charge in [0.1, 0.15) is 11.6 Å². The lowest BCUT2D eigenvalue weighted by atomic mass is 10.2. The van der Waals surface area contributed by atoms with E-state index in [4.69, 9.17) is 4.74 Å². The molecule has 116 valence electrons. The van der Waals surface area contributed by atoms with Crippen molar-refractivity contribution in [3.63, 3.8) is 0 Å². The normalized spacial score (nSPS) is 10.5. The molecule has 0 radical (unpaired) electrons. The number of nitrogens with zero attached hydrogens (tertiary/aromatic N) is 2. The number of likely N-dealkylation sites (N-methyl/N-ethyl adjacent to an activating group) is 1. The van der Waals surface area contributed by atoms with E-state index < -0.39 is 0 Å². The minimum Gasteiger partial charge on any atom is -0.497 e. The van der Waals surface area contributed by atoms with E-state index in [-0.39, 0.29) is 5.91 Å². The summed E-state index contributed by atoms with van der Waals surface area (Å²) in [5.74, 6) is 1.32. The monoisotopic (exact) mass is 299 g/mol. The van der Waals surface area contributed by atoms with Crippen LogP contribution in [0.4, 0.5) is 5.82 Å². The number of hydrogen-bond acceptors (Lipinski definition) is 4. The lowest BCUT2D eigenvalue weighted by Crippen LogP contribution is -2.30. The summed E-state index contributed by atoms with van der Waals surface area (Å²) in [7, 11) is 3.55. The van der Waals surface area contributed by atoms with Crippen LogP contribution in [-0.4, -0.2) is 36.5 Å². The summed E-state index contributed by atoms with van der Waals surface area (Å²) >= 11 is 0. The second kappa shape index (κ2) is 7.56. The van der Waals surface area contributed by atoms with Gasteiger partial charge in [0.2, 0.25) is 5.91 Å². The predicted molar refractivity (Wildman–Crippen MR) is 86.9 cm³/mol. The number of pyridine rings is 1. The first-order valence-corrected chi connectivity index (χ1v) is 7.11. The summed E-state index contributed by atoms with van der Waals surface area (Å²) in [5, 5.41) is 2.81. The predicted octanol–water partition coefficient (Wildman–Crippen LogP) is 2.47. The molecule has 0 fully saturated rings. The highest BCUT2D eigenvalue weighted by atomic mass is 16.5. The Morgan fingerprint density at radius 3 is 2.86 bits per heavy atom. The quantitative estimate of drug-likeness (QED) is 0.890. The fourth-order valence-electron chi connectivity index (χ4n) is 2.17. The Bertz CT molecular complexity index is 643. The number of hydrogen-bond donors (Lipinski definition) is 1. The van der Waals surface area contributed by atoms with Gasteiger partial charge in [-0.15, -0.1) is 0 Å². The van der Waals surface area contributed by atoms with Crippen LogP contribution in [0.2, 0.25) is 0 Å². The average Bonchev–Trinajstić information content (AvgIpc) is 2.47. The Morgan fingerprint density at radius 2 is 2.14 bits per heavy atom. The molecule has 2 aromatic rings. The molecule has 0 saturated carbocycles. The lowest BCUT2D eigenvalue weighted by Gasteiger charge is -2.16. The highest BCUT2D eigenvalue weighted by Gasteiger charge is 2.08. The summed E-state index contributed by atoms with van der Waals surface area (Å²) in [6, 6.07) is 11.6. The molecule has 1 N–H and O–H groups in total. The van der Waals surface area contributed by atoms with Crippen LogP contribution in [0.25, 0.3) is 0 Å². The third-order valence-corrected chi connectivity index (χ3v) is 3.18. The molecule has 0 aliphatic carbocycles. The number of methoxy groups -OCH3 is 1. The van der Waals surface area contributed by atoms with Crippen LogP contribution in [0.1, 0.15) is 11.1 Å². The van der Waals surface area contributed by atoms with Gasteiger partial charge in [-0.2, -0.15) is 0 Å². The first-order valence-electron chi connectivity index (χ1n) is 7.11. The molecule has 1 aromatic carbocycles. The molecule has 22 heavy (non-hydrogen) atoms. The van der Waals surface area contributed by atoms with Gasteiger partial charge in [-0.3, -0.25) is 9.69 Å². The zero-order chi connectivity index (χ0) is 15.9. The van der Waals surface area contributed by atoms with Crippen LogP contribution >= 0.6 is 0 Å². The molecular formula is C17H21N3O2. The first-order chi connectivity index (χ1) is 10.6. The van der Waals surface area contributed by atoms with Crippen molar-refractivity contribution in [3.8, 4) is 5.75 Å². The number of carbonyl (C=O) groups is 1. The SMILES string of the molecule is COc1cccc(CN(C)CC(=O)Nc2cc(C)ccn2)c1. The molecule has 0 bridgehead atoms. The van der Waals surface area contributed by atoms with Gasteiger partial charge in [-0.05, 0) is 49.4 Å². The van der Waals surface area contributed by atoms with Crippen molar-refractivity contribution in [2.75, 3.05) is 26.0 Å². The number of ether oxygens (including phenoxy) is 1. The molecule has 5 heteroatoms. The summed E-state index contributed by atoms with van der Waals surface area (Å²) in [6.45, 7) is 2.94. The van der Waals surface area contributed by atoms with Gasteiger partial charge in [0, 0.05) is 12.7 Å². The van der Waals surface area contributed by atoms with Gasteiger partial charge >= 0.3 is 0 Å². The van der Waals surface area contributed by atoms with Crippen LogP contribution < -0.4 is 10.1 Å². The standard InChI is InChI=1S/C17H21N3O2/c1-13-7-8-18-16(9-13)19-17(21)12-20(2)11-14-5-4-6-15(10-14)22-3/h4-10H,11-12H2,1-3H3,(H,18,19,21). The molecule has 0 unspecified atom stereocenters. The van der Waals surface area contributed by atoms with E-state index in [1.54, 1.807) is 13.3 Å². The minimum atomic E-state index is -0.0801. The Kier molecular flexibility index (Phi) is 5.49. The summed E-state index contributed by atoms with van der Waals surface area (Å²) < 4.78 is 5.20. The summed E-state index contributed by atoms with van der Waals surface area (Å²) in [6.07, 6.45) is 1.69. The molecular weight excluding hydrogens is 278 g/mol. The maximum Gasteiger partial charge on any atom is 0.239 e. The van der Waals surface area contributed by atoms with Crippen molar-refractivity contribution in [2.24, 2.45) is 0 Å². The van der Waals surface area contributed by atoms with E-state index in [9.17, 15) is 4.79 Å². The molecule has 1 heterocycles. The number of aryl methyl sites for hydroxylation is 1. The second-order valence-electron chi connectivity index (χ2n) is 5.29. The molecule has 2 rings (SSSR count). The van der Waals surface area contributed by atoms with Crippen molar-refractivity contribution >= 4 is 11.7 Å². The Balaban J connectivity index is 1.88. The van der Waals surface area contributed by atoms with E-state index >= 15 is 0 Å². The van der Waals surface area contributed by atoms with E-state index in [0.29, 0.717) is 18.9 Å². The number of nitrogens with one attached hydrogen (secondary N) is 1. The smallest absolute Gasteiger partial charge is 0.239 e. The third kappa shape index (κ3) is 4.86. The Morgan fingerprint density at radius 1 is 1.32 bits per heavy atom. The Hall–Kier alpha value is -2.40. The zero-order valence-electron chi connectivity index (χ0n) is 13.2. The third-order valence-electron chi connectivity index (χ3n) is 3.18. The molecule has 0 spiro atoms. The number of aromatic nitrogens is 1. The Labute approximate surface area is 130 Å². The maximum atomic E-state index is 12.0. The first kappa shape index (κ1) is 16.0. The van der Waals surface area contributed by atoms with Crippen LogP contribution in [0.3, 0.4) is 0 Å². The average molecular weight is 299 g/mol. The van der Waals surface area contributed by atoms with Crippen LogP contribution in [0, 0.1) is 6.92 Å². The van der Waals surface area contributed by atoms with Gasteiger partial charge in [-0.25, -0.2) is 4.98 Å². The number of amides is 1. The van der Waals surface area contributed by atoms with Crippen molar-refractivity contribution in [2.45, 2.75) is 13.5 Å². The van der Waals surface area contributed by atoms with Crippen LogP contribution in [-0.2, 0) is 11.3 Å². The fraction of sp³-hybridized carbons (Fsp3) is 0.294. The molecule has 0 saturated heterocycles. The molecule has 0 aliphatic rings. The van der Waals surface area contributed by atoms with Crippen molar-refractivity contribution < 1.29 is 9.53 Å². The summed E-state index contributed by atoms with van der Waals surface area (Å²) in [4.78, 5) is 18.1. The van der Waals surface area contributed by atoms with E-state index in [1.165, 1.54) is 0 Å². The molecule has 5 nitrogen and oxygen atoms in total. The van der Waals surface area contributed by atoms with Crippen LogP contribution in [0.15, 0.2) is 42.6 Å². The van der Waals surface area contributed by atoms with E-state index in [2.05, 4.69) is 10.3 Å². The van der Waals surface area contributed by atoms with Crippen molar-refractivity contribution in [3.05, 3.63) is 53.7 Å². The highest BCUT2D eigenvalue weighted by molar-refractivity contribution is 5.91. The number of carbonyl (C=O) groups excluding carboxylic acids is 1. The molecule has 1 amide bonds. The van der Waals surface area contributed by atoms with Gasteiger partial charge in [-0.1, -0.05) is 12.1 Å². The highest BCUT2D eigenvalue weighted by Crippen LogP contribution is 2.13.